The van der Waals surface area contributed by atoms with E-state index in [0.29, 0.717) is 24.8 Å². The van der Waals surface area contributed by atoms with Crippen molar-refractivity contribution in [1.82, 2.24) is 10.3 Å². The van der Waals surface area contributed by atoms with Crippen LogP contribution in [-0.4, -0.2) is 54.4 Å². The number of aromatic nitrogens is 1. The summed E-state index contributed by atoms with van der Waals surface area (Å²) in [7, 11) is 1.58. The first-order valence-corrected chi connectivity index (χ1v) is 9.23. The molecule has 2 fully saturated rings. The number of aliphatic hydroxyl groups is 1. The molecule has 3 atom stereocenters. The third-order valence-corrected chi connectivity index (χ3v) is 5.48. The fourth-order valence-corrected chi connectivity index (χ4v) is 3.90. The predicted molar refractivity (Wildman–Crippen MR) is 96.5 cm³/mol. The summed E-state index contributed by atoms with van der Waals surface area (Å²) in [6.45, 7) is 1.53. The van der Waals surface area contributed by atoms with Gasteiger partial charge in [0.25, 0.3) is 0 Å². The van der Waals surface area contributed by atoms with Gasteiger partial charge < -0.3 is 20.1 Å². The van der Waals surface area contributed by atoms with Crippen LogP contribution in [-0.2, 0) is 9.53 Å². The van der Waals surface area contributed by atoms with Crippen molar-refractivity contribution in [2.24, 2.45) is 5.92 Å². The van der Waals surface area contributed by atoms with E-state index in [0.717, 1.165) is 31.7 Å². The second-order valence-electron chi connectivity index (χ2n) is 7.11. The van der Waals surface area contributed by atoms with E-state index < -0.39 is 6.10 Å². The summed E-state index contributed by atoms with van der Waals surface area (Å²) in [6, 6.07) is 5.87. The highest BCUT2D eigenvalue weighted by Crippen LogP contribution is 2.27. The Hall–Kier alpha value is -2.17. The Bertz CT molecular complexity index is 667. The van der Waals surface area contributed by atoms with Gasteiger partial charge in [-0.3, -0.25) is 4.79 Å². The van der Waals surface area contributed by atoms with Gasteiger partial charge >= 0.3 is 0 Å². The van der Waals surface area contributed by atoms with Crippen LogP contribution in [0.25, 0.3) is 0 Å². The second-order valence-corrected chi connectivity index (χ2v) is 7.11. The number of pyridine rings is 1. The molecule has 0 bridgehead atoms. The highest BCUT2D eigenvalue weighted by molar-refractivity contribution is 5.79. The van der Waals surface area contributed by atoms with Crippen molar-refractivity contribution in [3.8, 4) is 6.07 Å². The number of methoxy groups -OCH3 is 1. The number of ether oxygens (including phenoxy) is 1. The van der Waals surface area contributed by atoms with Gasteiger partial charge in [0.2, 0.25) is 5.91 Å². The standard InChI is InChI=1S/C19H26N4O3/c1-26-17-11-13(4-5-16(17)24)19(25)22-15-6-9-23(10-7-15)18-14(12-20)3-2-8-21-18/h2-3,8,13,15-17,24H,4-7,9-11H2,1H3,(H,22,25). The van der Waals surface area contributed by atoms with E-state index in [-0.39, 0.29) is 24.0 Å². The monoisotopic (exact) mass is 358 g/mol. The second kappa shape index (κ2) is 8.47. The Balaban J connectivity index is 1.51. The van der Waals surface area contributed by atoms with Gasteiger partial charge in [0.15, 0.2) is 0 Å². The lowest BCUT2D eigenvalue weighted by Crippen LogP contribution is -2.48. The molecular formula is C19H26N4O3. The molecule has 7 nitrogen and oxygen atoms in total. The molecule has 1 saturated carbocycles. The molecule has 2 heterocycles. The molecule has 0 aromatic carbocycles. The van der Waals surface area contributed by atoms with Crippen LogP contribution < -0.4 is 10.2 Å². The van der Waals surface area contributed by atoms with Crippen LogP contribution in [0.4, 0.5) is 5.82 Å². The predicted octanol–water partition coefficient (Wildman–Crippen LogP) is 1.21. The maximum absolute atomic E-state index is 12.6. The number of anilines is 1. The largest absolute Gasteiger partial charge is 0.390 e. The zero-order valence-corrected chi connectivity index (χ0v) is 15.1. The van der Waals surface area contributed by atoms with Crippen LogP contribution in [0.2, 0.25) is 0 Å². The molecule has 1 aromatic heterocycles. The molecule has 1 aromatic rings. The Kier molecular flexibility index (Phi) is 6.07. The molecular weight excluding hydrogens is 332 g/mol. The Labute approximate surface area is 154 Å². The number of amides is 1. The van der Waals surface area contributed by atoms with Crippen molar-refractivity contribution in [3.63, 3.8) is 0 Å². The summed E-state index contributed by atoms with van der Waals surface area (Å²) < 4.78 is 5.29. The number of nitriles is 1. The molecule has 0 radical (unpaired) electrons. The van der Waals surface area contributed by atoms with Gasteiger partial charge in [0.1, 0.15) is 11.9 Å². The fourth-order valence-electron chi connectivity index (χ4n) is 3.90. The van der Waals surface area contributed by atoms with Crippen LogP contribution in [0.5, 0.6) is 0 Å². The van der Waals surface area contributed by atoms with Gasteiger partial charge in [-0.15, -0.1) is 0 Å². The maximum atomic E-state index is 12.6. The number of carbonyl (C=O) groups is 1. The Morgan fingerprint density at radius 3 is 2.85 bits per heavy atom. The lowest BCUT2D eigenvalue weighted by Gasteiger charge is -2.35. The first-order valence-electron chi connectivity index (χ1n) is 9.23. The minimum atomic E-state index is -0.472. The topological polar surface area (TPSA) is 98.5 Å². The number of nitrogens with zero attached hydrogens (tertiary/aromatic N) is 3. The van der Waals surface area contributed by atoms with Gasteiger partial charge in [0, 0.05) is 38.4 Å². The molecule has 2 N–H and O–H groups in total. The lowest BCUT2D eigenvalue weighted by atomic mass is 9.84. The number of rotatable bonds is 4. The first kappa shape index (κ1) is 18.6. The zero-order valence-electron chi connectivity index (χ0n) is 15.1. The number of aliphatic hydroxyl groups excluding tert-OH is 1. The van der Waals surface area contributed by atoms with E-state index in [2.05, 4.69) is 21.3 Å². The summed E-state index contributed by atoms with van der Waals surface area (Å²) in [4.78, 5) is 19.0. The van der Waals surface area contributed by atoms with E-state index in [1.807, 2.05) is 0 Å². The van der Waals surface area contributed by atoms with Crippen LogP contribution in [0, 0.1) is 17.2 Å². The van der Waals surface area contributed by atoms with Crippen molar-refractivity contribution in [1.29, 1.82) is 5.26 Å². The molecule has 1 aliphatic carbocycles. The zero-order chi connectivity index (χ0) is 18.5. The molecule has 3 unspecified atom stereocenters. The van der Waals surface area contributed by atoms with Crippen LogP contribution in [0.15, 0.2) is 18.3 Å². The van der Waals surface area contributed by atoms with Gasteiger partial charge in [-0.2, -0.15) is 5.26 Å². The summed E-state index contributed by atoms with van der Waals surface area (Å²) in [6.07, 6.45) is 4.51. The minimum absolute atomic E-state index is 0.0629. The third kappa shape index (κ3) is 4.14. The average Bonchev–Trinajstić information content (AvgIpc) is 2.69. The van der Waals surface area contributed by atoms with Crippen molar-refractivity contribution < 1.29 is 14.6 Å². The molecule has 140 valence electrons. The highest BCUT2D eigenvalue weighted by Gasteiger charge is 2.34. The summed E-state index contributed by atoms with van der Waals surface area (Å²) >= 11 is 0. The average molecular weight is 358 g/mol. The van der Waals surface area contributed by atoms with Crippen molar-refractivity contribution in [2.75, 3.05) is 25.1 Å². The molecule has 26 heavy (non-hydrogen) atoms. The molecule has 1 amide bonds. The van der Waals surface area contributed by atoms with E-state index in [9.17, 15) is 15.2 Å². The number of hydrogen-bond acceptors (Lipinski definition) is 6. The lowest BCUT2D eigenvalue weighted by molar-refractivity contribution is -0.131. The van der Waals surface area contributed by atoms with Gasteiger partial charge in [-0.1, -0.05) is 0 Å². The van der Waals surface area contributed by atoms with E-state index in [1.54, 1.807) is 25.4 Å². The van der Waals surface area contributed by atoms with Crippen LogP contribution >= 0.6 is 0 Å². The van der Waals surface area contributed by atoms with E-state index in [1.165, 1.54) is 0 Å². The smallest absolute Gasteiger partial charge is 0.223 e. The quantitative estimate of drug-likeness (QED) is 0.840. The van der Waals surface area contributed by atoms with Gasteiger partial charge in [-0.25, -0.2) is 4.98 Å². The third-order valence-electron chi connectivity index (χ3n) is 5.48. The fraction of sp³-hybridized carbons (Fsp3) is 0.632. The molecule has 3 rings (SSSR count). The number of hydrogen-bond donors (Lipinski definition) is 2. The van der Waals surface area contributed by atoms with E-state index >= 15 is 0 Å². The number of piperidine rings is 1. The first-order chi connectivity index (χ1) is 12.6. The molecule has 0 spiro atoms. The molecule has 2 aliphatic rings. The molecule has 7 heteroatoms. The minimum Gasteiger partial charge on any atom is -0.390 e. The highest BCUT2D eigenvalue weighted by atomic mass is 16.5. The SMILES string of the molecule is COC1CC(C(=O)NC2CCN(c3ncccc3C#N)CC2)CCC1O. The van der Waals surface area contributed by atoms with Gasteiger partial charge in [-0.05, 0) is 44.2 Å². The Morgan fingerprint density at radius 2 is 2.15 bits per heavy atom. The summed E-state index contributed by atoms with van der Waals surface area (Å²) in [5.74, 6) is 0.694. The summed E-state index contributed by atoms with van der Waals surface area (Å²) in [5.41, 5.74) is 0.585. The molecule has 1 aliphatic heterocycles. The molecule has 1 saturated heterocycles. The van der Waals surface area contributed by atoms with E-state index in [4.69, 9.17) is 4.74 Å². The number of nitrogens with one attached hydrogen (secondary N) is 1. The Morgan fingerprint density at radius 1 is 1.38 bits per heavy atom. The van der Waals surface area contributed by atoms with Gasteiger partial charge in [0.05, 0.1) is 17.8 Å². The number of carbonyl (C=O) groups excluding carboxylic acids is 1. The van der Waals surface area contributed by atoms with Crippen molar-refractivity contribution in [2.45, 2.75) is 50.4 Å². The maximum Gasteiger partial charge on any atom is 0.223 e. The van der Waals surface area contributed by atoms with Crippen molar-refractivity contribution >= 4 is 11.7 Å². The van der Waals surface area contributed by atoms with Crippen LogP contribution in [0.3, 0.4) is 0 Å². The van der Waals surface area contributed by atoms with Crippen LogP contribution in [0.1, 0.15) is 37.7 Å². The van der Waals surface area contributed by atoms with Crippen molar-refractivity contribution in [3.05, 3.63) is 23.9 Å². The normalized spacial score (nSPS) is 27.0. The summed E-state index contributed by atoms with van der Waals surface area (Å²) in [5, 5.41) is 22.3.